The van der Waals surface area contributed by atoms with Gasteiger partial charge in [0, 0.05) is 0 Å². The van der Waals surface area contributed by atoms with E-state index in [1.165, 1.54) is 91.6 Å². The van der Waals surface area contributed by atoms with Crippen LogP contribution >= 0.6 is 17.0 Å². The Balaban J connectivity index is 1.41. The van der Waals surface area contributed by atoms with Crippen LogP contribution in [-0.2, 0) is 16.4 Å². The van der Waals surface area contributed by atoms with E-state index in [0.29, 0.717) is 11.8 Å². The molecule has 4 unspecified atom stereocenters. The molecule has 0 N–H and O–H groups in total. The Kier molecular flexibility index (Phi) is 9.77. The third-order valence-electron chi connectivity index (χ3n) is 13.8. The van der Waals surface area contributed by atoms with Crippen molar-refractivity contribution in [3.8, 4) is 33.4 Å². The summed E-state index contributed by atoms with van der Waals surface area (Å²) in [6.07, 6.45) is 7.14. The van der Waals surface area contributed by atoms with Gasteiger partial charge in [-0.25, -0.2) is 0 Å². The number of aryl methyl sites for hydroxylation is 2. The fraction of sp³-hybridized carbons (Fsp3) is 0.231. The van der Waals surface area contributed by atoms with Crippen molar-refractivity contribution < 1.29 is 16.4 Å². The Morgan fingerprint density at radius 3 is 1.52 bits per heavy atom. The summed E-state index contributed by atoms with van der Waals surface area (Å²) in [7, 11) is 17.9. The molecule has 0 bridgehead atoms. The molecule has 9 rings (SSSR count). The molecular weight excluding hydrogens is 815 g/mol. The Hall–Kier alpha value is -3.52. The van der Waals surface area contributed by atoms with Gasteiger partial charge in [0.15, 0.2) is 0 Å². The Labute approximate surface area is 344 Å². The molecule has 0 radical (unpaired) electrons. The number of benzene rings is 6. The van der Waals surface area contributed by atoms with Gasteiger partial charge in [-0.15, -0.1) is 0 Å². The summed E-state index contributed by atoms with van der Waals surface area (Å²) in [5.41, 5.74) is 18.5. The van der Waals surface area contributed by atoms with Crippen LogP contribution in [0.5, 0.6) is 0 Å². The van der Waals surface area contributed by atoms with Crippen LogP contribution in [0.1, 0.15) is 81.2 Å². The first kappa shape index (κ1) is 38.0. The Morgan fingerprint density at radius 2 is 1.02 bits per heavy atom. The monoisotopic (exact) mass is 863 g/mol. The third kappa shape index (κ3) is 5.68. The van der Waals surface area contributed by atoms with Crippen molar-refractivity contribution in [1.29, 1.82) is 0 Å². The predicted molar refractivity (Wildman–Crippen MR) is 245 cm³/mol. The van der Waals surface area contributed by atoms with E-state index in [1.807, 2.05) is 0 Å². The molecule has 0 nitrogen and oxygen atoms in total. The van der Waals surface area contributed by atoms with Crippen molar-refractivity contribution >= 4 is 52.3 Å². The number of halogens is 2. The summed E-state index contributed by atoms with van der Waals surface area (Å²) < 4.78 is 1.11. The molecule has 0 aromatic heterocycles. The second-order valence-electron chi connectivity index (χ2n) is 16.8. The molecule has 0 spiro atoms. The molecule has 4 atom stereocenters. The van der Waals surface area contributed by atoms with Crippen LogP contribution in [0.15, 0.2) is 139 Å². The summed E-state index contributed by atoms with van der Waals surface area (Å²) in [5.74, 6) is 0.616. The number of hydrogen-bond donors (Lipinski definition) is 0. The first-order valence-corrected chi connectivity index (χ1v) is 32.5. The zero-order chi connectivity index (χ0) is 39.0. The second kappa shape index (κ2) is 14.4. The predicted octanol–water partition coefficient (Wildman–Crippen LogP) is 12.7. The van der Waals surface area contributed by atoms with Crippen molar-refractivity contribution in [1.82, 2.24) is 0 Å². The zero-order valence-electron chi connectivity index (χ0n) is 33.5. The van der Waals surface area contributed by atoms with Gasteiger partial charge in [-0.2, -0.15) is 0 Å². The molecule has 3 aliphatic rings. The molecule has 1 aliphatic heterocycles. The third-order valence-corrected chi connectivity index (χ3v) is 36.4. The molecule has 0 amide bonds. The van der Waals surface area contributed by atoms with Crippen molar-refractivity contribution in [2.45, 2.75) is 61.6 Å². The number of hydrogen-bond acceptors (Lipinski definition) is 0. The van der Waals surface area contributed by atoms with Crippen LogP contribution in [-0.4, -0.2) is 9.52 Å². The molecule has 0 fully saturated rings. The van der Waals surface area contributed by atoms with Crippen LogP contribution in [0.3, 0.4) is 0 Å². The topological polar surface area (TPSA) is 0 Å². The summed E-state index contributed by atoms with van der Waals surface area (Å²) in [5, 5.41) is 2.97. The molecule has 0 saturated heterocycles. The van der Waals surface area contributed by atoms with Crippen molar-refractivity contribution in [2.24, 2.45) is 11.8 Å². The molecular formula is C52H51Cl2SiZr. The maximum atomic E-state index is 9.40. The van der Waals surface area contributed by atoms with Crippen LogP contribution in [0.2, 0.25) is 0 Å². The average Bonchev–Trinajstić information content (AvgIpc) is 3.93. The molecule has 2 aliphatic carbocycles. The van der Waals surface area contributed by atoms with E-state index in [4.69, 9.17) is 0 Å². The van der Waals surface area contributed by atoms with Crippen molar-refractivity contribution in [2.75, 3.05) is 0 Å². The standard InChI is InChI=1S/2C20H21.C12H9Si.2ClH.Zr/c2*1-4-14(2)18-12-17-11-10-15(3)20(19(17)13-18)16-8-6-5-7-9-16;1-3-7-11-9(5-1)10-6-2-4-8-12(10)13-11;;;/h2*5-14H,4H2,1-3H3;1-7H,13H2;2*1H;/q;;;;;+2/p-2. The molecule has 1 heterocycles. The average molecular weight is 866 g/mol. The van der Waals surface area contributed by atoms with E-state index in [9.17, 15) is 17.0 Å². The van der Waals surface area contributed by atoms with Gasteiger partial charge in [-0.1, -0.05) is 0 Å². The summed E-state index contributed by atoms with van der Waals surface area (Å²) in [6.45, 7) is 14.0. The minimum absolute atomic E-state index is 0.0955. The fourth-order valence-corrected chi connectivity index (χ4v) is 38.7. The van der Waals surface area contributed by atoms with Crippen LogP contribution in [0, 0.1) is 25.7 Å². The molecule has 6 aromatic rings. The SMILES string of the molecule is CCC(C)C1=Cc2c(ccc(C)c2-c2ccccc2)[CH]1[Zr]([Cl])([Cl])([c]1cccc2c1[SiH2]c1ccccc1-2)[CH]1C(C(C)CC)=Cc2c1ccc(C)c2-c1ccccc1. The normalized spacial score (nSPS) is 19.0. The van der Waals surface area contributed by atoms with Crippen LogP contribution in [0.25, 0.3) is 45.5 Å². The number of rotatable bonds is 9. The fourth-order valence-electron chi connectivity index (χ4n) is 10.7. The second-order valence-corrected chi connectivity index (χ2v) is 39.3. The molecule has 6 aromatic carbocycles. The first-order valence-electron chi connectivity index (χ1n) is 20.6. The van der Waals surface area contributed by atoms with E-state index >= 15 is 0 Å². The van der Waals surface area contributed by atoms with Gasteiger partial charge in [0.2, 0.25) is 0 Å². The van der Waals surface area contributed by atoms with E-state index in [2.05, 4.69) is 181 Å². The van der Waals surface area contributed by atoms with Gasteiger partial charge in [0.1, 0.15) is 0 Å². The summed E-state index contributed by atoms with van der Waals surface area (Å²) >= 11 is -5.66. The molecule has 0 saturated carbocycles. The van der Waals surface area contributed by atoms with Crippen molar-refractivity contribution in [3.05, 3.63) is 172 Å². The zero-order valence-corrected chi connectivity index (χ0v) is 38.8. The molecule has 4 heteroatoms. The number of fused-ring (bicyclic) bond motifs is 5. The quantitative estimate of drug-likeness (QED) is 0.127. The van der Waals surface area contributed by atoms with Crippen molar-refractivity contribution in [3.63, 3.8) is 0 Å². The molecule has 56 heavy (non-hydrogen) atoms. The van der Waals surface area contributed by atoms with E-state index in [0.717, 1.165) is 12.8 Å². The van der Waals surface area contributed by atoms with Crippen LogP contribution < -0.4 is 13.6 Å². The number of allylic oxidation sites excluding steroid dienone is 2. The van der Waals surface area contributed by atoms with Gasteiger partial charge in [-0.05, 0) is 0 Å². The van der Waals surface area contributed by atoms with Gasteiger partial charge < -0.3 is 0 Å². The van der Waals surface area contributed by atoms with Gasteiger partial charge in [0.05, 0.1) is 0 Å². The van der Waals surface area contributed by atoms with Crippen LogP contribution in [0.4, 0.5) is 0 Å². The maximum absolute atomic E-state index is 9.40. The molecule has 281 valence electrons. The van der Waals surface area contributed by atoms with E-state index in [1.54, 1.807) is 0 Å². The van der Waals surface area contributed by atoms with Gasteiger partial charge in [0.25, 0.3) is 0 Å². The van der Waals surface area contributed by atoms with E-state index < -0.39 is 25.9 Å². The van der Waals surface area contributed by atoms with E-state index in [-0.39, 0.29) is 7.25 Å². The first-order chi connectivity index (χ1) is 27.1. The summed E-state index contributed by atoms with van der Waals surface area (Å²) in [4.78, 5) is 0. The Morgan fingerprint density at radius 1 is 0.554 bits per heavy atom. The van der Waals surface area contributed by atoms with Gasteiger partial charge >= 0.3 is 348 Å². The van der Waals surface area contributed by atoms with Gasteiger partial charge in [-0.3, -0.25) is 0 Å². The Bertz CT molecular complexity index is 2460. The minimum atomic E-state index is -5.66. The summed E-state index contributed by atoms with van der Waals surface area (Å²) in [6, 6.07) is 47.5.